The summed E-state index contributed by atoms with van der Waals surface area (Å²) < 4.78 is 0.719. The summed E-state index contributed by atoms with van der Waals surface area (Å²) in [6, 6.07) is 5.32. The minimum Gasteiger partial charge on any atom is -0.319 e. The SMILES string of the molecule is NC1(C(=O)c2c(Cl)cccc2Br)CCC1. The fourth-order valence-corrected chi connectivity index (χ4v) is 2.67. The van der Waals surface area contributed by atoms with Gasteiger partial charge in [-0.1, -0.05) is 17.7 Å². The van der Waals surface area contributed by atoms with Crippen LogP contribution in [0.15, 0.2) is 22.7 Å². The maximum Gasteiger partial charge on any atom is 0.185 e. The van der Waals surface area contributed by atoms with Crippen LogP contribution in [0.2, 0.25) is 5.02 Å². The second-order valence-corrected chi connectivity index (χ2v) is 5.20. The molecule has 0 bridgehead atoms. The first-order chi connectivity index (χ1) is 7.04. The van der Waals surface area contributed by atoms with Crippen LogP contribution in [0.25, 0.3) is 0 Å². The molecule has 1 fully saturated rings. The molecule has 15 heavy (non-hydrogen) atoms. The molecule has 0 amide bonds. The minimum atomic E-state index is -0.687. The highest BCUT2D eigenvalue weighted by molar-refractivity contribution is 9.10. The van der Waals surface area contributed by atoms with Crippen LogP contribution in [-0.2, 0) is 0 Å². The highest BCUT2D eigenvalue weighted by Gasteiger charge is 2.41. The fraction of sp³-hybridized carbons (Fsp3) is 0.364. The van der Waals surface area contributed by atoms with Crippen LogP contribution in [0.5, 0.6) is 0 Å². The fourth-order valence-electron chi connectivity index (χ4n) is 1.75. The summed E-state index contributed by atoms with van der Waals surface area (Å²) in [6.07, 6.45) is 2.53. The zero-order valence-electron chi connectivity index (χ0n) is 8.09. The van der Waals surface area contributed by atoms with Crippen LogP contribution in [0.3, 0.4) is 0 Å². The van der Waals surface area contributed by atoms with Gasteiger partial charge in [-0.05, 0) is 47.3 Å². The average Bonchev–Trinajstić information content (AvgIpc) is 2.13. The predicted octanol–water partition coefficient (Wildman–Crippen LogP) is 3.17. The monoisotopic (exact) mass is 287 g/mol. The summed E-state index contributed by atoms with van der Waals surface area (Å²) in [5.74, 6) is -0.0498. The summed E-state index contributed by atoms with van der Waals surface area (Å²) >= 11 is 9.34. The van der Waals surface area contributed by atoms with Crippen molar-refractivity contribution in [3.05, 3.63) is 33.3 Å². The zero-order chi connectivity index (χ0) is 11.1. The highest BCUT2D eigenvalue weighted by atomic mass is 79.9. The molecule has 0 aromatic heterocycles. The maximum absolute atomic E-state index is 12.2. The van der Waals surface area contributed by atoms with Crippen molar-refractivity contribution in [2.45, 2.75) is 24.8 Å². The standard InChI is InChI=1S/C11H11BrClNO/c12-7-3-1-4-8(13)9(7)10(15)11(14)5-2-6-11/h1,3-4H,2,5-6,14H2. The summed E-state index contributed by atoms with van der Waals surface area (Å²) in [6.45, 7) is 0. The second-order valence-electron chi connectivity index (χ2n) is 3.94. The third kappa shape index (κ3) is 1.84. The van der Waals surface area contributed by atoms with E-state index in [2.05, 4.69) is 15.9 Å². The number of hydrogen-bond donors (Lipinski definition) is 1. The number of ketones is 1. The van der Waals surface area contributed by atoms with Crippen molar-refractivity contribution in [2.75, 3.05) is 0 Å². The number of nitrogens with two attached hydrogens (primary N) is 1. The Kier molecular flexibility index (Phi) is 2.88. The van der Waals surface area contributed by atoms with Crippen molar-refractivity contribution in [3.63, 3.8) is 0 Å². The molecule has 0 atom stereocenters. The molecule has 1 saturated carbocycles. The minimum absolute atomic E-state index is 0.0498. The van der Waals surface area contributed by atoms with E-state index in [-0.39, 0.29) is 5.78 Å². The number of hydrogen-bond acceptors (Lipinski definition) is 2. The van der Waals surface area contributed by atoms with E-state index < -0.39 is 5.54 Å². The van der Waals surface area contributed by atoms with Crippen molar-refractivity contribution in [2.24, 2.45) is 5.73 Å². The number of halogens is 2. The number of carbonyl (C=O) groups is 1. The summed E-state index contributed by atoms with van der Waals surface area (Å²) in [5, 5.41) is 0.464. The molecule has 0 heterocycles. The maximum atomic E-state index is 12.2. The Balaban J connectivity index is 2.41. The average molecular weight is 289 g/mol. The lowest BCUT2D eigenvalue weighted by Crippen LogP contribution is -2.53. The smallest absolute Gasteiger partial charge is 0.185 e. The van der Waals surface area contributed by atoms with E-state index in [1.807, 2.05) is 0 Å². The largest absolute Gasteiger partial charge is 0.319 e. The van der Waals surface area contributed by atoms with Gasteiger partial charge in [-0.2, -0.15) is 0 Å². The van der Waals surface area contributed by atoms with Gasteiger partial charge in [0.2, 0.25) is 0 Å². The van der Waals surface area contributed by atoms with Crippen LogP contribution in [0, 0.1) is 0 Å². The molecule has 2 rings (SSSR count). The molecule has 0 saturated heterocycles. The molecule has 80 valence electrons. The predicted molar refractivity (Wildman–Crippen MR) is 64.3 cm³/mol. The molecule has 0 unspecified atom stereocenters. The van der Waals surface area contributed by atoms with E-state index in [1.54, 1.807) is 18.2 Å². The molecule has 0 radical (unpaired) electrons. The highest BCUT2D eigenvalue weighted by Crippen LogP contribution is 2.36. The van der Waals surface area contributed by atoms with Gasteiger partial charge >= 0.3 is 0 Å². The van der Waals surface area contributed by atoms with Gasteiger partial charge in [0, 0.05) is 4.47 Å². The van der Waals surface area contributed by atoms with E-state index in [9.17, 15) is 4.79 Å². The summed E-state index contributed by atoms with van der Waals surface area (Å²) in [5.41, 5.74) is 5.82. The molecule has 1 aliphatic rings. The molecule has 4 heteroatoms. The lowest BCUT2D eigenvalue weighted by Gasteiger charge is -2.36. The lowest BCUT2D eigenvalue weighted by atomic mass is 9.73. The quantitative estimate of drug-likeness (QED) is 0.850. The van der Waals surface area contributed by atoms with E-state index in [0.29, 0.717) is 10.6 Å². The molecule has 1 aromatic carbocycles. The molecular weight excluding hydrogens is 277 g/mol. The van der Waals surface area contributed by atoms with E-state index >= 15 is 0 Å². The van der Waals surface area contributed by atoms with Crippen molar-refractivity contribution in [3.8, 4) is 0 Å². The van der Waals surface area contributed by atoms with Crippen molar-refractivity contribution >= 4 is 33.3 Å². The first-order valence-electron chi connectivity index (χ1n) is 4.82. The number of Topliss-reactive ketones (excluding diaryl/α,β-unsaturated/α-hetero) is 1. The molecule has 1 aliphatic carbocycles. The first kappa shape index (κ1) is 11.1. The van der Waals surface area contributed by atoms with Crippen molar-refractivity contribution in [1.29, 1.82) is 0 Å². The third-order valence-corrected chi connectivity index (χ3v) is 3.86. The van der Waals surface area contributed by atoms with Crippen LogP contribution in [-0.4, -0.2) is 11.3 Å². The Bertz CT molecular complexity index is 395. The second kappa shape index (κ2) is 3.89. The van der Waals surface area contributed by atoms with E-state index in [4.69, 9.17) is 17.3 Å². The number of rotatable bonds is 2. The van der Waals surface area contributed by atoms with Crippen molar-refractivity contribution < 1.29 is 4.79 Å². The summed E-state index contributed by atoms with van der Waals surface area (Å²) in [4.78, 5) is 12.2. The van der Waals surface area contributed by atoms with Gasteiger partial charge in [-0.3, -0.25) is 4.79 Å². The van der Waals surface area contributed by atoms with Crippen LogP contribution in [0.4, 0.5) is 0 Å². The number of carbonyl (C=O) groups excluding carboxylic acids is 1. The molecule has 0 spiro atoms. The van der Waals surface area contributed by atoms with Crippen molar-refractivity contribution in [1.82, 2.24) is 0 Å². The van der Waals surface area contributed by atoms with Gasteiger partial charge in [-0.15, -0.1) is 0 Å². The normalized spacial score (nSPS) is 18.3. The Morgan fingerprint density at radius 1 is 1.47 bits per heavy atom. The first-order valence-corrected chi connectivity index (χ1v) is 5.99. The molecular formula is C11H11BrClNO. The molecule has 0 aliphatic heterocycles. The Hall–Kier alpha value is -0.380. The molecule has 2 nitrogen and oxygen atoms in total. The van der Waals surface area contributed by atoms with Gasteiger partial charge in [0.25, 0.3) is 0 Å². The summed E-state index contributed by atoms with van der Waals surface area (Å²) in [7, 11) is 0. The molecule has 1 aromatic rings. The van der Waals surface area contributed by atoms with Gasteiger partial charge < -0.3 is 5.73 Å². The van der Waals surface area contributed by atoms with E-state index in [1.165, 1.54) is 0 Å². The van der Waals surface area contributed by atoms with Gasteiger partial charge in [0.05, 0.1) is 16.1 Å². The topological polar surface area (TPSA) is 43.1 Å². The van der Waals surface area contributed by atoms with E-state index in [0.717, 1.165) is 23.7 Å². The van der Waals surface area contributed by atoms with Crippen LogP contribution < -0.4 is 5.73 Å². The Morgan fingerprint density at radius 2 is 2.13 bits per heavy atom. The van der Waals surface area contributed by atoms with Gasteiger partial charge in [0.1, 0.15) is 0 Å². The van der Waals surface area contributed by atoms with Crippen LogP contribution >= 0.6 is 27.5 Å². The Labute approximate surface area is 102 Å². The van der Waals surface area contributed by atoms with Gasteiger partial charge in [0.15, 0.2) is 5.78 Å². The van der Waals surface area contributed by atoms with Gasteiger partial charge in [-0.25, -0.2) is 0 Å². The zero-order valence-corrected chi connectivity index (χ0v) is 10.4. The molecule has 2 N–H and O–H groups in total. The lowest BCUT2D eigenvalue weighted by molar-refractivity contribution is 0.0800. The Morgan fingerprint density at radius 3 is 2.60 bits per heavy atom. The number of benzene rings is 1. The third-order valence-electron chi connectivity index (χ3n) is 2.89. The van der Waals surface area contributed by atoms with Crippen LogP contribution in [0.1, 0.15) is 29.6 Å².